The highest BCUT2D eigenvalue weighted by Crippen LogP contribution is 2.16. The minimum Gasteiger partial charge on any atom is -0.370 e. The average molecular weight is 457 g/mol. The van der Waals surface area contributed by atoms with Crippen LogP contribution >= 0.6 is 24.0 Å². The van der Waals surface area contributed by atoms with Gasteiger partial charge in [-0.05, 0) is 12.8 Å². The molecule has 0 aliphatic heterocycles. The molecule has 23 heavy (non-hydrogen) atoms. The van der Waals surface area contributed by atoms with Gasteiger partial charge in [0.2, 0.25) is 10.0 Å². The second kappa shape index (κ2) is 10.1. The Bertz CT molecular complexity index is 570. The molecule has 1 saturated carbocycles. The number of sulfonamides is 1. The summed E-state index contributed by atoms with van der Waals surface area (Å²) in [7, 11) is -3.43. The molecule has 132 valence electrons. The molecule has 0 aromatic carbocycles. The van der Waals surface area contributed by atoms with Gasteiger partial charge >= 0.3 is 0 Å². The Labute approximate surface area is 153 Å². The molecular weight excluding hydrogens is 433 g/mol. The molecule has 1 aliphatic rings. The van der Waals surface area contributed by atoms with Crippen LogP contribution in [0.2, 0.25) is 0 Å². The van der Waals surface area contributed by atoms with Gasteiger partial charge in [-0.25, -0.2) is 13.1 Å². The van der Waals surface area contributed by atoms with E-state index in [-0.39, 0.29) is 36.3 Å². The zero-order valence-electron chi connectivity index (χ0n) is 12.9. The molecule has 0 unspecified atom stereocenters. The van der Waals surface area contributed by atoms with Crippen LogP contribution in [0.25, 0.3) is 0 Å². The molecule has 0 amide bonds. The molecule has 4 N–H and O–H groups in total. The van der Waals surface area contributed by atoms with E-state index in [1.165, 1.54) is 31.6 Å². The number of guanidine groups is 1. The van der Waals surface area contributed by atoms with Crippen molar-refractivity contribution >= 4 is 40.0 Å². The molecule has 8 nitrogen and oxygen atoms in total. The van der Waals surface area contributed by atoms with Gasteiger partial charge in [-0.1, -0.05) is 24.4 Å². The number of nitrogens with one attached hydrogen (secondary N) is 2. The molecule has 0 radical (unpaired) electrons. The fourth-order valence-corrected chi connectivity index (χ4v) is 3.48. The van der Waals surface area contributed by atoms with Crippen LogP contribution in [0.3, 0.4) is 0 Å². The summed E-state index contributed by atoms with van der Waals surface area (Å²) in [6, 6.07) is 1.91. The number of nitrogens with zero attached hydrogens (tertiary/aromatic N) is 2. The van der Waals surface area contributed by atoms with Crippen molar-refractivity contribution in [1.29, 1.82) is 0 Å². The van der Waals surface area contributed by atoms with Gasteiger partial charge in [-0.3, -0.25) is 4.99 Å². The van der Waals surface area contributed by atoms with E-state index in [2.05, 4.69) is 24.7 Å². The highest BCUT2D eigenvalue weighted by Gasteiger charge is 2.14. The van der Waals surface area contributed by atoms with Crippen LogP contribution < -0.4 is 15.8 Å². The summed E-state index contributed by atoms with van der Waals surface area (Å²) >= 11 is 0. The lowest BCUT2D eigenvalue weighted by atomic mass is 9.96. The SMILES string of the molecule is I.NC(=NCCNS(=O)(=O)Cc1ccon1)NC1CCCCC1. The number of rotatable bonds is 7. The van der Waals surface area contributed by atoms with Crippen LogP contribution in [-0.4, -0.2) is 38.7 Å². The number of aromatic nitrogens is 1. The first-order valence-corrected chi connectivity index (χ1v) is 9.13. The molecule has 1 heterocycles. The van der Waals surface area contributed by atoms with Gasteiger partial charge in [-0.15, -0.1) is 24.0 Å². The van der Waals surface area contributed by atoms with Gasteiger partial charge in [0.1, 0.15) is 12.0 Å². The Morgan fingerprint density at radius 2 is 2.13 bits per heavy atom. The molecule has 0 spiro atoms. The summed E-state index contributed by atoms with van der Waals surface area (Å²) in [6.45, 7) is 0.497. The maximum atomic E-state index is 11.8. The van der Waals surface area contributed by atoms with Crippen molar-refractivity contribution in [2.24, 2.45) is 10.7 Å². The molecule has 0 saturated heterocycles. The Kier molecular flexibility index (Phi) is 8.84. The predicted octanol–water partition coefficient (Wildman–Crippen LogP) is 0.949. The zero-order chi connectivity index (χ0) is 15.8. The van der Waals surface area contributed by atoms with Crippen LogP contribution in [0.5, 0.6) is 0 Å². The smallest absolute Gasteiger partial charge is 0.217 e. The Balaban J connectivity index is 0.00000264. The van der Waals surface area contributed by atoms with E-state index in [0.29, 0.717) is 24.2 Å². The first kappa shape index (κ1) is 20.2. The molecule has 1 fully saturated rings. The fraction of sp³-hybridized carbons (Fsp3) is 0.692. The number of hydrogen-bond donors (Lipinski definition) is 3. The summed E-state index contributed by atoms with van der Waals surface area (Å²) in [6.07, 6.45) is 7.27. The molecule has 2 rings (SSSR count). The van der Waals surface area contributed by atoms with Crippen LogP contribution in [0.15, 0.2) is 21.8 Å². The van der Waals surface area contributed by atoms with Crippen molar-refractivity contribution in [1.82, 2.24) is 15.2 Å². The topological polar surface area (TPSA) is 123 Å². The third-order valence-corrected chi connectivity index (χ3v) is 4.82. The molecule has 0 bridgehead atoms. The molecule has 10 heteroatoms. The van der Waals surface area contributed by atoms with E-state index >= 15 is 0 Å². The number of nitrogens with two attached hydrogens (primary N) is 1. The monoisotopic (exact) mass is 457 g/mol. The molecule has 1 aromatic heterocycles. The van der Waals surface area contributed by atoms with Gasteiger partial charge in [0.05, 0.1) is 12.2 Å². The first-order valence-electron chi connectivity index (χ1n) is 7.48. The van der Waals surface area contributed by atoms with Crippen molar-refractivity contribution in [2.45, 2.75) is 43.9 Å². The van der Waals surface area contributed by atoms with Crippen LogP contribution in [0.1, 0.15) is 37.8 Å². The standard InChI is InChI=1S/C13H23N5O3S.HI/c14-13(17-11-4-2-1-3-5-11)15-7-8-16-22(19,20)10-12-6-9-21-18-12;/h6,9,11,16H,1-5,7-8,10H2,(H3,14,15,17);1H. The lowest BCUT2D eigenvalue weighted by molar-refractivity contribution is 0.412. The maximum Gasteiger partial charge on any atom is 0.217 e. The number of aliphatic imine (C=N–C) groups is 1. The minimum absolute atomic E-state index is 0. The van der Waals surface area contributed by atoms with Gasteiger partial charge in [0.15, 0.2) is 5.96 Å². The second-order valence-electron chi connectivity index (χ2n) is 5.39. The Morgan fingerprint density at radius 1 is 1.39 bits per heavy atom. The second-order valence-corrected chi connectivity index (χ2v) is 7.20. The Morgan fingerprint density at radius 3 is 2.78 bits per heavy atom. The summed E-state index contributed by atoms with van der Waals surface area (Å²) in [4.78, 5) is 4.14. The van der Waals surface area contributed by atoms with Crippen molar-refractivity contribution < 1.29 is 12.9 Å². The maximum absolute atomic E-state index is 11.8. The van der Waals surface area contributed by atoms with E-state index in [1.54, 1.807) is 0 Å². The lowest BCUT2D eigenvalue weighted by Gasteiger charge is -2.23. The zero-order valence-corrected chi connectivity index (χ0v) is 16.0. The summed E-state index contributed by atoms with van der Waals surface area (Å²) in [5.41, 5.74) is 6.17. The quantitative estimate of drug-likeness (QED) is 0.243. The van der Waals surface area contributed by atoms with Crippen LogP contribution in [0.4, 0.5) is 0 Å². The van der Waals surface area contributed by atoms with E-state index in [4.69, 9.17) is 5.73 Å². The van der Waals surface area contributed by atoms with Crippen molar-refractivity contribution in [3.63, 3.8) is 0 Å². The number of halogens is 1. The van der Waals surface area contributed by atoms with E-state index in [9.17, 15) is 8.42 Å². The summed E-state index contributed by atoms with van der Waals surface area (Å²) in [5.74, 6) is 0.172. The molecular formula is C13H24IN5O3S. The number of hydrogen-bond acceptors (Lipinski definition) is 5. The van der Waals surface area contributed by atoms with Crippen LogP contribution in [-0.2, 0) is 15.8 Å². The van der Waals surface area contributed by atoms with E-state index in [0.717, 1.165) is 12.8 Å². The third kappa shape index (κ3) is 7.97. The van der Waals surface area contributed by atoms with Crippen molar-refractivity contribution in [3.8, 4) is 0 Å². The predicted molar refractivity (Wildman–Crippen MR) is 99.0 cm³/mol. The summed E-state index contributed by atoms with van der Waals surface area (Å²) < 4.78 is 30.6. The third-order valence-electron chi connectivity index (χ3n) is 3.50. The van der Waals surface area contributed by atoms with Gasteiger partial charge in [-0.2, -0.15) is 0 Å². The van der Waals surface area contributed by atoms with E-state index in [1.807, 2.05) is 0 Å². The van der Waals surface area contributed by atoms with E-state index < -0.39 is 10.0 Å². The molecule has 0 atom stereocenters. The highest BCUT2D eigenvalue weighted by atomic mass is 127. The van der Waals surface area contributed by atoms with Crippen molar-refractivity contribution in [2.75, 3.05) is 13.1 Å². The van der Waals surface area contributed by atoms with Gasteiger partial charge in [0.25, 0.3) is 0 Å². The van der Waals surface area contributed by atoms with Crippen LogP contribution in [0, 0.1) is 0 Å². The normalized spacial score (nSPS) is 16.8. The highest BCUT2D eigenvalue weighted by molar-refractivity contribution is 14.0. The van der Waals surface area contributed by atoms with Gasteiger partial charge in [0, 0.05) is 18.7 Å². The minimum atomic E-state index is -3.43. The van der Waals surface area contributed by atoms with Crippen molar-refractivity contribution in [3.05, 3.63) is 18.0 Å². The largest absolute Gasteiger partial charge is 0.370 e. The molecule has 1 aromatic rings. The molecule has 1 aliphatic carbocycles. The average Bonchev–Trinajstić information content (AvgIpc) is 2.97. The van der Waals surface area contributed by atoms with Gasteiger partial charge < -0.3 is 15.6 Å². The lowest BCUT2D eigenvalue weighted by Crippen LogP contribution is -2.41. The fourth-order valence-electron chi connectivity index (χ4n) is 2.44. The Hall–Kier alpha value is -0.880. The summed E-state index contributed by atoms with van der Waals surface area (Å²) in [5, 5.41) is 6.75. The first-order chi connectivity index (χ1) is 10.6.